The van der Waals surface area contributed by atoms with Crippen molar-refractivity contribution in [3.05, 3.63) is 94.7 Å². The predicted octanol–water partition coefficient (Wildman–Crippen LogP) is 5.29. The number of aromatic nitrogens is 1. The fraction of sp³-hybridized carbons (Fsp3) is 0.250. The van der Waals surface area contributed by atoms with Crippen molar-refractivity contribution in [1.82, 2.24) is 9.47 Å². The molecule has 5 heteroatoms. The molecule has 1 aromatic heterocycles. The summed E-state index contributed by atoms with van der Waals surface area (Å²) in [7, 11) is 5.37. The molecule has 1 aliphatic rings. The summed E-state index contributed by atoms with van der Waals surface area (Å²) in [5.74, 6) is 1.49. The fourth-order valence-corrected chi connectivity index (χ4v) is 5.09. The molecule has 5 nitrogen and oxygen atoms in total. The van der Waals surface area contributed by atoms with Gasteiger partial charge in [0, 0.05) is 41.3 Å². The largest absolute Gasteiger partial charge is 0.493 e. The van der Waals surface area contributed by atoms with E-state index in [9.17, 15) is 4.79 Å². The summed E-state index contributed by atoms with van der Waals surface area (Å²) in [6.45, 7) is 2.75. The molecule has 0 unspecified atom stereocenters. The van der Waals surface area contributed by atoms with Crippen LogP contribution in [0.25, 0.3) is 10.9 Å². The highest BCUT2D eigenvalue weighted by Crippen LogP contribution is 2.43. The first-order valence-electron chi connectivity index (χ1n) is 11.2. The molecule has 0 fully saturated rings. The number of aryl methyl sites for hydroxylation is 1. The molecule has 0 saturated heterocycles. The van der Waals surface area contributed by atoms with Gasteiger partial charge in [-0.3, -0.25) is 4.79 Å². The van der Waals surface area contributed by atoms with Gasteiger partial charge in [0.15, 0.2) is 11.5 Å². The molecular formula is C28H28N2O3. The van der Waals surface area contributed by atoms with Crippen LogP contribution < -0.4 is 9.47 Å². The van der Waals surface area contributed by atoms with Gasteiger partial charge in [0.25, 0.3) is 5.91 Å². The van der Waals surface area contributed by atoms with Crippen molar-refractivity contribution in [2.24, 2.45) is 7.05 Å². The average Bonchev–Trinajstić information content (AvgIpc) is 3.27. The number of carbonyl (C=O) groups is 1. The lowest BCUT2D eigenvalue weighted by Gasteiger charge is -2.26. The third-order valence-electron chi connectivity index (χ3n) is 6.87. The Morgan fingerprint density at radius 3 is 2.42 bits per heavy atom. The summed E-state index contributed by atoms with van der Waals surface area (Å²) in [4.78, 5) is 15.6. The minimum atomic E-state index is -0.111. The number of fused-ring (bicyclic) bond motifs is 2. The maximum Gasteiger partial charge on any atom is 0.255 e. The van der Waals surface area contributed by atoms with Gasteiger partial charge in [-0.2, -0.15) is 0 Å². The van der Waals surface area contributed by atoms with E-state index in [0.717, 1.165) is 23.1 Å². The highest BCUT2D eigenvalue weighted by molar-refractivity contribution is 6.01. The number of amides is 1. The first-order chi connectivity index (χ1) is 16.0. The normalized spacial score (nSPS) is 15.2. The first-order valence-corrected chi connectivity index (χ1v) is 11.2. The van der Waals surface area contributed by atoms with Gasteiger partial charge in [0.2, 0.25) is 0 Å². The number of methoxy groups -OCH3 is 2. The number of hydrogen-bond donors (Lipinski definition) is 0. The quantitative estimate of drug-likeness (QED) is 0.409. The summed E-state index contributed by atoms with van der Waals surface area (Å²) in [5.41, 5.74) is 6.54. The Labute approximate surface area is 194 Å². The van der Waals surface area contributed by atoms with Crippen molar-refractivity contribution < 1.29 is 14.3 Å². The lowest BCUT2D eigenvalue weighted by atomic mass is 9.95. The van der Waals surface area contributed by atoms with Gasteiger partial charge in [-0.25, -0.2) is 0 Å². The molecule has 3 aromatic carbocycles. The van der Waals surface area contributed by atoms with Gasteiger partial charge in [0.05, 0.1) is 20.3 Å². The molecule has 0 radical (unpaired) electrons. The first kappa shape index (κ1) is 21.1. The second kappa shape index (κ2) is 8.32. The zero-order valence-electron chi connectivity index (χ0n) is 19.5. The summed E-state index contributed by atoms with van der Waals surface area (Å²) in [5, 5.41) is 1.20. The summed E-state index contributed by atoms with van der Waals surface area (Å²) in [6, 6.07) is 22.3. The third kappa shape index (κ3) is 3.35. The van der Waals surface area contributed by atoms with E-state index >= 15 is 0 Å². The molecule has 1 atom stereocenters. The van der Waals surface area contributed by atoms with E-state index in [1.807, 2.05) is 41.3 Å². The van der Waals surface area contributed by atoms with Gasteiger partial charge in [0.1, 0.15) is 0 Å². The molecule has 168 valence electrons. The molecule has 4 aromatic rings. The van der Waals surface area contributed by atoms with Crippen LogP contribution in [0.5, 0.6) is 11.5 Å². The Hall–Kier alpha value is -3.73. The van der Waals surface area contributed by atoms with Gasteiger partial charge >= 0.3 is 0 Å². The van der Waals surface area contributed by atoms with Crippen LogP contribution in [0.2, 0.25) is 0 Å². The number of ether oxygens (including phenoxy) is 2. The van der Waals surface area contributed by atoms with E-state index in [1.165, 1.54) is 22.2 Å². The van der Waals surface area contributed by atoms with E-state index in [4.69, 9.17) is 9.47 Å². The average molecular weight is 441 g/mol. The Bertz CT molecular complexity index is 1350. The minimum absolute atomic E-state index is 0.0865. The Morgan fingerprint density at radius 1 is 0.909 bits per heavy atom. The van der Waals surface area contributed by atoms with Crippen molar-refractivity contribution in [2.45, 2.75) is 19.4 Å². The number of rotatable bonds is 6. The van der Waals surface area contributed by atoms with E-state index in [-0.39, 0.29) is 11.9 Å². The Balaban J connectivity index is 1.56. The molecule has 0 spiro atoms. The van der Waals surface area contributed by atoms with Crippen LogP contribution in [0.3, 0.4) is 0 Å². The zero-order chi connectivity index (χ0) is 23.1. The SMILES string of the molecule is COc1ccc(CCN2C(=O)c3ccccc3[C@@H]2c2c(C)n(C)c3ccccc23)cc1OC. The second-order valence-corrected chi connectivity index (χ2v) is 8.50. The topological polar surface area (TPSA) is 43.7 Å². The number of para-hydroxylation sites is 1. The van der Waals surface area contributed by atoms with Crippen LogP contribution in [0, 0.1) is 6.92 Å². The van der Waals surface area contributed by atoms with Crippen LogP contribution in [0.15, 0.2) is 66.7 Å². The maximum absolute atomic E-state index is 13.6. The van der Waals surface area contributed by atoms with Crippen molar-refractivity contribution in [2.75, 3.05) is 20.8 Å². The lowest BCUT2D eigenvalue weighted by Crippen LogP contribution is -2.31. The number of benzene rings is 3. The predicted molar refractivity (Wildman–Crippen MR) is 130 cm³/mol. The molecule has 5 rings (SSSR count). The second-order valence-electron chi connectivity index (χ2n) is 8.50. The van der Waals surface area contributed by atoms with Gasteiger partial charge in [-0.05, 0) is 48.7 Å². The van der Waals surface area contributed by atoms with E-state index in [0.29, 0.717) is 18.0 Å². The molecule has 0 aliphatic carbocycles. The van der Waals surface area contributed by atoms with Crippen molar-refractivity contribution in [1.29, 1.82) is 0 Å². The van der Waals surface area contributed by atoms with E-state index in [1.54, 1.807) is 14.2 Å². The van der Waals surface area contributed by atoms with E-state index < -0.39 is 0 Å². The molecule has 0 bridgehead atoms. The van der Waals surface area contributed by atoms with Crippen molar-refractivity contribution in [3.63, 3.8) is 0 Å². The highest BCUT2D eigenvalue weighted by atomic mass is 16.5. The molecule has 1 aliphatic heterocycles. The van der Waals surface area contributed by atoms with Gasteiger partial charge in [-0.1, -0.05) is 42.5 Å². The molecule has 0 N–H and O–H groups in total. The molecule has 1 amide bonds. The summed E-state index contributed by atoms with van der Waals surface area (Å²) >= 11 is 0. The number of carbonyl (C=O) groups excluding carboxylic acids is 1. The fourth-order valence-electron chi connectivity index (χ4n) is 5.09. The monoisotopic (exact) mass is 440 g/mol. The Morgan fingerprint density at radius 2 is 1.64 bits per heavy atom. The number of hydrogen-bond acceptors (Lipinski definition) is 3. The minimum Gasteiger partial charge on any atom is -0.493 e. The highest BCUT2D eigenvalue weighted by Gasteiger charge is 2.39. The maximum atomic E-state index is 13.6. The van der Waals surface area contributed by atoms with Crippen LogP contribution in [0.4, 0.5) is 0 Å². The number of nitrogens with zero attached hydrogens (tertiary/aromatic N) is 2. The molecule has 0 saturated carbocycles. The van der Waals surface area contributed by atoms with Crippen LogP contribution in [0.1, 0.15) is 38.8 Å². The van der Waals surface area contributed by atoms with Crippen LogP contribution in [-0.4, -0.2) is 36.1 Å². The van der Waals surface area contributed by atoms with Crippen molar-refractivity contribution in [3.8, 4) is 11.5 Å². The molecular weight excluding hydrogens is 412 g/mol. The molecule has 33 heavy (non-hydrogen) atoms. The summed E-state index contributed by atoms with van der Waals surface area (Å²) < 4.78 is 13.1. The van der Waals surface area contributed by atoms with Crippen LogP contribution in [-0.2, 0) is 13.5 Å². The Kier molecular flexibility index (Phi) is 5.33. The molecule has 2 heterocycles. The smallest absolute Gasteiger partial charge is 0.255 e. The van der Waals surface area contributed by atoms with Gasteiger partial charge in [-0.15, -0.1) is 0 Å². The summed E-state index contributed by atoms with van der Waals surface area (Å²) in [6.07, 6.45) is 0.723. The lowest BCUT2D eigenvalue weighted by molar-refractivity contribution is 0.0752. The van der Waals surface area contributed by atoms with E-state index in [2.05, 4.69) is 48.9 Å². The van der Waals surface area contributed by atoms with Crippen molar-refractivity contribution >= 4 is 16.8 Å². The third-order valence-corrected chi connectivity index (χ3v) is 6.87. The zero-order valence-corrected chi connectivity index (χ0v) is 19.5. The van der Waals surface area contributed by atoms with Crippen LogP contribution >= 0.6 is 0 Å². The standard InChI is InChI=1S/C28H28N2O3/c1-18-26(22-11-7-8-12-23(22)29(18)2)27-20-9-5-6-10-21(20)28(31)30(27)16-15-19-13-14-24(32-3)25(17-19)33-4/h5-14,17,27H,15-16H2,1-4H3/t27-/m1/s1. The van der Waals surface area contributed by atoms with Gasteiger partial charge < -0.3 is 18.9 Å².